The van der Waals surface area contributed by atoms with Crippen molar-refractivity contribution in [1.29, 1.82) is 0 Å². The molecule has 0 aromatic heterocycles. The van der Waals surface area contributed by atoms with Gasteiger partial charge in [-0.3, -0.25) is 14.9 Å². The van der Waals surface area contributed by atoms with Crippen molar-refractivity contribution >= 4 is 11.6 Å². The Hall–Kier alpha value is -2.73. The number of nitro groups is 1. The summed E-state index contributed by atoms with van der Waals surface area (Å²) in [6.45, 7) is 6.12. The summed E-state index contributed by atoms with van der Waals surface area (Å²) in [7, 11) is 0. The summed E-state index contributed by atoms with van der Waals surface area (Å²) in [5, 5.41) is 10.8. The summed E-state index contributed by atoms with van der Waals surface area (Å²) >= 11 is 0. The summed E-state index contributed by atoms with van der Waals surface area (Å²) in [5.74, 6) is -0.410. The molecule has 6 nitrogen and oxygen atoms in total. The number of nitrogens with two attached hydrogens (primary N) is 1. The monoisotopic (exact) mass is 355 g/mol. The Kier molecular flexibility index (Phi) is 6.46. The first kappa shape index (κ1) is 19.6. The standard InChI is InChI=1S/C20H25N3O3/c1-14(2)22(13-16-9-11-18(12-10-16)23(25)26)20(24)15(3)19(21)17-7-5-4-6-8-17/h4-12,14-15,19H,13,21H2,1-3H3. The van der Waals surface area contributed by atoms with E-state index >= 15 is 0 Å². The van der Waals surface area contributed by atoms with E-state index in [1.807, 2.05) is 51.1 Å². The van der Waals surface area contributed by atoms with Crippen molar-refractivity contribution in [2.45, 2.75) is 39.4 Å². The molecule has 2 rings (SSSR count). The molecular weight excluding hydrogens is 330 g/mol. The van der Waals surface area contributed by atoms with Crippen molar-refractivity contribution in [2.75, 3.05) is 0 Å². The number of carbonyl (C=O) groups is 1. The Labute approximate surface area is 153 Å². The quantitative estimate of drug-likeness (QED) is 0.606. The molecule has 2 atom stereocenters. The molecule has 0 spiro atoms. The minimum Gasteiger partial charge on any atom is -0.336 e. The maximum atomic E-state index is 13.0. The lowest BCUT2D eigenvalue weighted by Gasteiger charge is -2.31. The fourth-order valence-corrected chi connectivity index (χ4v) is 2.81. The summed E-state index contributed by atoms with van der Waals surface area (Å²) in [4.78, 5) is 25.1. The number of rotatable bonds is 7. The molecule has 0 saturated carbocycles. The van der Waals surface area contributed by atoms with Crippen molar-refractivity contribution in [2.24, 2.45) is 11.7 Å². The third kappa shape index (κ3) is 4.67. The number of non-ortho nitro benzene ring substituents is 1. The molecule has 0 aliphatic rings. The van der Waals surface area contributed by atoms with Gasteiger partial charge in [0, 0.05) is 30.8 Å². The van der Waals surface area contributed by atoms with Gasteiger partial charge in [0.05, 0.1) is 10.8 Å². The molecule has 138 valence electrons. The molecule has 0 aliphatic carbocycles. The SMILES string of the molecule is CC(C(=O)N(Cc1ccc([N+](=O)[O-])cc1)C(C)C)C(N)c1ccccc1. The summed E-state index contributed by atoms with van der Waals surface area (Å²) < 4.78 is 0. The minimum atomic E-state index is -0.434. The molecular formula is C20H25N3O3. The second-order valence-corrected chi connectivity index (χ2v) is 6.71. The lowest BCUT2D eigenvalue weighted by Crippen LogP contribution is -2.42. The van der Waals surface area contributed by atoms with E-state index in [1.54, 1.807) is 17.0 Å². The number of hydrogen-bond donors (Lipinski definition) is 1. The number of nitrogens with zero attached hydrogens (tertiary/aromatic N) is 2. The van der Waals surface area contributed by atoms with E-state index in [1.165, 1.54) is 12.1 Å². The first-order chi connectivity index (χ1) is 12.3. The molecule has 26 heavy (non-hydrogen) atoms. The third-order valence-electron chi connectivity index (χ3n) is 4.52. The van der Waals surface area contributed by atoms with E-state index in [0.717, 1.165) is 11.1 Å². The largest absolute Gasteiger partial charge is 0.336 e. The van der Waals surface area contributed by atoms with E-state index in [9.17, 15) is 14.9 Å². The lowest BCUT2D eigenvalue weighted by molar-refractivity contribution is -0.384. The van der Waals surface area contributed by atoms with Crippen molar-refractivity contribution in [1.82, 2.24) is 4.90 Å². The molecule has 1 amide bonds. The molecule has 2 N–H and O–H groups in total. The first-order valence-electron chi connectivity index (χ1n) is 8.65. The minimum absolute atomic E-state index is 0.0110. The highest BCUT2D eigenvalue weighted by Crippen LogP contribution is 2.23. The Morgan fingerprint density at radius 3 is 2.15 bits per heavy atom. The molecule has 0 saturated heterocycles. The topological polar surface area (TPSA) is 89.5 Å². The van der Waals surface area contributed by atoms with Crippen LogP contribution in [0.3, 0.4) is 0 Å². The van der Waals surface area contributed by atoms with Crippen LogP contribution < -0.4 is 5.73 Å². The van der Waals surface area contributed by atoms with Crippen molar-refractivity contribution in [3.63, 3.8) is 0 Å². The van der Waals surface area contributed by atoms with Gasteiger partial charge < -0.3 is 10.6 Å². The normalized spacial score (nSPS) is 13.3. The van der Waals surface area contributed by atoms with Gasteiger partial charge in [0.15, 0.2) is 0 Å². The predicted molar refractivity (Wildman–Crippen MR) is 101 cm³/mol. The summed E-state index contributed by atoms with van der Waals surface area (Å²) in [5.41, 5.74) is 8.11. The number of hydrogen-bond acceptors (Lipinski definition) is 4. The molecule has 0 heterocycles. The fourth-order valence-electron chi connectivity index (χ4n) is 2.81. The average molecular weight is 355 g/mol. The van der Waals surface area contributed by atoms with Gasteiger partial charge in [-0.15, -0.1) is 0 Å². The first-order valence-corrected chi connectivity index (χ1v) is 8.65. The van der Waals surface area contributed by atoms with E-state index in [0.29, 0.717) is 6.54 Å². The second kappa shape index (κ2) is 8.58. The number of nitro benzene ring substituents is 1. The van der Waals surface area contributed by atoms with Crippen LogP contribution in [0.25, 0.3) is 0 Å². The summed E-state index contributed by atoms with van der Waals surface area (Å²) in [6, 6.07) is 15.4. The highest BCUT2D eigenvalue weighted by atomic mass is 16.6. The van der Waals surface area contributed by atoms with Crippen molar-refractivity contribution in [3.05, 3.63) is 75.8 Å². The van der Waals surface area contributed by atoms with Gasteiger partial charge in [0.25, 0.3) is 5.69 Å². The van der Waals surface area contributed by atoms with Gasteiger partial charge >= 0.3 is 0 Å². The second-order valence-electron chi connectivity index (χ2n) is 6.71. The van der Waals surface area contributed by atoms with Gasteiger partial charge in [0.1, 0.15) is 0 Å². The highest BCUT2D eigenvalue weighted by Gasteiger charge is 2.28. The van der Waals surface area contributed by atoms with Crippen LogP contribution in [0, 0.1) is 16.0 Å². The van der Waals surface area contributed by atoms with Crippen LogP contribution in [0.1, 0.15) is 37.9 Å². The maximum Gasteiger partial charge on any atom is 0.269 e. The zero-order valence-corrected chi connectivity index (χ0v) is 15.3. The van der Waals surface area contributed by atoms with E-state index in [4.69, 9.17) is 5.73 Å². The molecule has 2 aromatic carbocycles. The molecule has 0 aliphatic heterocycles. The average Bonchev–Trinajstić information content (AvgIpc) is 2.65. The van der Waals surface area contributed by atoms with Crippen LogP contribution in [0.4, 0.5) is 5.69 Å². The molecule has 6 heteroatoms. The molecule has 0 bridgehead atoms. The van der Waals surface area contributed by atoms with E-state index in [-0.39, 0.29) is 29.6 Å². The van der Waals surface area contributed by atoms with Crippen LogP contribution in [0.5, 0.6) is 0 Å². The van der Waals surface area contributed by atoms with Gasteiger partial charge in [-0.1, -0.05) is 49.4 Å². The lowest BCUT2D eigenvalue weighted by atomic mass is 9.93. The zero-order valence-electron chi connectivity index (χ0n) is 15.3. The van der Waals surface area contributed by atoms with Crippen LogP contribution in [0.15, 0.2) is 54.6 Å². The predicted octanol–water partition coefficient (Wildman–Crippen LogP) is 3.67. The number of carbonyl (C=O) groups excluding carboxylic acids is 1. The smallest absolute Gasteiger partial charge is 0.269 e. The highest BCUT2D eigenvalue weighted by molar-refractivity contribution is 5.79. The van der Waals surface area contributed by atoms with Gasteiger partial charge in [0.2, 0.25) is 5.91 Å². The van der Waals surface area contributed by atoms with Gasteiger partial charge in [-0.25, -0.2) is 0 Å². The van der Waals surface area contributed by atoms with Gasteiger partial charge in [-0.05, 0) is 25.0 Å². The van der Waals surface area contributed by atoms with Crippen LogP contribution in [-0.2, 0) is 11.3 Å². The van der Waals surface area contributed by atoms with E-state index in [2.05, 4.69) is 0 Å². The Morgan fingerprint density at radius 1 is 1.08 bits per heavy atom. The Bertz CT molecular complexity index is 745. The maximum absolute atomic E-state index is 13.0. The zero-order chi connectivity index (χ0) is 19.3. The molecule has 2 unspecified atom stereocenters. The molecule has 0 fully saturated rings. The fraction of sp³-hybridized carbons (Fsp3) is 0.350. The number of benzene rings is 2. The van der Waals surface area contributed by atoms with E-state index < -0.39 is 4.92 Å². The van der Waals surface area contributed by atoms with Crippen molar-refractivity contribution in [3.8, 4) is 0 Å². The summed E-state index contributed by atoms with van der Waals surface area (Å²) in [6.07, 6.45) is 0. The Balaban J connectivity index is 2.15. The number of amides is 1. The van der Waals surface area contributed by atoms with Crippen molar-refractivity contribution < 1.29 is 9.72 Å². The van der Waals surface area contributed by atoms with Crippen LogP contribution in [0.2, 0.25) is 0 Å². The molecule has 2 aromatic rings. The van der Waals surface area contributed by atoms with Crippen LogP contribution in [-0.4, -0.2) is 21.8 Å². The third-order valence-corrected chi connectivity index (χ3v) is 4.52. The Morgan fingerprint density at radius 2 is 1.65 bits per heavy atom. The molecule has 0 radical (unpaired) electrons. The van der Waals surface area contributed by atoms with Gasteiger partial charge in [-0.2, -0.15) is 0 Å². The van der Waals surface area contributed by atoms with Crippen LogP contribution >= 0.6 is 0 Å².